The van der Waals surface area contributed by atoms with Crippen LogP contribution in [0.2, 0.25) is 0 Å². The lowest BCUT2D eigenvalue weighted by Crippen LogP contribution is -2.18. The summed E-state index contributed by atoms with van der Waals surface area (Å²) in [6.45, 7) is 13.0. The third-order valence-corrected chi connectivity index (χ3v) is 5.14. The number of carbonyl (C=O) groups is 1. The summed E-state index contributed by atoms with van der Waals surface area (Å²) in [6, 6.07) is 1.74. The number of aromatic hydroxyl groups is 1. The Balaban J connectivity index is 3.28. The number of ether oxygens (including phenoxy) is 1. The lowest BCUT2D eigenvalue weighted by atomic mass is 9.95. The molecule has 0 unspecified atom stereocenters. The van der Waals surface area contributed by atoms with Gasteiger partial charge in [-0.2, -0.15) is 0 Å². The molecule has 0 amide bonds. The van der Waals surface area contributed by atoms with Gasteiger partial charge in [-0.05, 0) is 78.6 Å². The zero-order valence-corrected chi connectivity index (χ0v) is 20.4. The van der Waals surface area contributed by atoms with Crippen LogP contribution in [0, 0.1) is 0 Å². The molecule has 0 saturated carbocycles. The van der Waals surface area contributed by atoms with E-state index in [9.17, 15) is 9.90 Å². The fourth-order valence-corrected chi connectivity index (χ4v) is 3.47. The first-order valence-corrected chi connectivity index (χ1v) is 11.3. The number of hydrogen-bond acceptors (Lipinski definition) is 4. The Morgan fingerprint density at radius 2 is 1.90 bits per heavy atom. The van der Waals surface area contributed by atoms with Crippen molar-refractivity contribution in [2.24, 2.45) is 0 Å². The maximum absolute atomic E-state index is 12.1. The summed E-state index contributed by atoms with van der Waals surface area (Å²) in [6.07, 6.45) is 11.5. The maximum atomic E-state index is 12.1. The minimum absolute atomic E-state index is 0.179. The average molecular weight is 428 g/mol. The van der Waals surface area contributed by atoms with Crippen LogP contribution in [-0.4, -0.2) is 36.9 Å². The summed E-state index contributed by atoms with van der Waals surface area (Å²) in [5.74, 6) is 1.17. The summed E-state index contributed by atoms with van der Waals surface area (Å²) in [7, 11) is 3.88. The van der Waals surface area contributed by atoms with Crippen LogP contribution >= 0.6 is 0 Å². The van der Waals surface area contributed by atoms with Crippen LogP contribution < -0.4 is 4.74 Å². The Bertz CT molecular complexity index is 799. The molecule has 0 fully saturated rings. The molecule has 4 heteroatoms. The molecule has 0 aliphatic heterocycles. The number of phenolic OH excluding ortho intramolecular Hbond substituents is 1. The summed E-state index contributed by atoms with van der Waals surface area (Å²) in [5.41, 5.74) is 4.56. The van der Waals surface area contributed by atoms with Crippen LogP contribution in [-0.2, 0) is 12.8 Å². The number of rotatable bonds is 14. The molecule has 1 rings (SSSR count). The Hall–Kier alpha value is -2.33. The van der Waals surface area contributed by atoms with Gasteiger partial charge in [-0.15, -0.1) is 0 Å². The first kappa shape index (κ1) is 26.7. The Morgan fingerprint density at radius 1 is 1.19 bits per heavy atom. The Kier molecular flexibility index (Phi) is 11.9. The number of hydrogen-bond donors (Lipinski definition) is 1. The molecule has 0 heterocycles. The molecule has 0 aliphatic rings. The molecule has 0 saturated heterocycles. The topological polar surface area (TPSA) is 49.8 Å². The van der Waals surface area contributed by atoms with Gasteiger partial charge in [-0.1, -0.05) is 49.6 Å². The van der Waals surface area contributed by atoms with Gasteiger partial charge in [0, 0.05) is 5.56 Å². The fourth-order valence-electron chi connectivity index (χ4n) is 3.47. The van der Waals surface area contributed by atoms with Crippen LogP contribution in [0.15, 0.2) is 41.7 Å². The van der Waals surface area contributed by atoms with E-state index in [0.717, 1.165) is 50.4 Å². The zero-order chi connectivity index (χ0) is 23.4. The standard InChI is InChI=1S/C27H41NO3/c1-8-9-10-14-23-17-26(30)24(16-15-21(4)13-11-12-20(2)3)27(25(23)19-29)31-22(5)18-28(6)7/h12,15,17,19,30H,5,8-11,13-14,16,18H2,1-4,6-7H3/b21-15+. The van der Waals surface area contributed by atoms with Crippen molar-refractivity contribution in [3.63, 3.8) is 0 Å². The quantitative estimate of drug-likeness (QED) is 0.157. The number of nitrogens with zero attached hydrogens (tertiary/aromatic N) is 1. The summed E-state index contributed by atoms with van der Waals surface area (Å²) < 4.78 is 6.08. The Labute approximate surface area is 189 Å². The average Bonchev–Trinajstić information content (AvgIpc) is 2.67. The lowest BCUT2D eigenvalue weighted by molar-refractivity contribution is 0.111. The number of likely N-dealkylation sites (N-methyl/N-ethyl adjacent to an activating group) is 1. The van der Waals surface area contributed by atoms with Gasteiger partial charge in [-0.25, -0.2) is 0 Å². The van der Waals surface area contributed by atoms with Crippen molar-refractivity contribution in [1.29, 1.82) is 0 Å². The van der Waals surface area contributed by atoms with Crippen LogP contribution in [0.3, 0.4) is 0 Å². The third kappa shape index (κ3) is 9.56. The van der Waals surface area contributed by atoms with Crippen molar-refractivity contribution >= 4 is 6.29 Å². The predicted molar refractivity (Wildman–Crippen MR) is 131 cm³/mol. The highest BCUT2D eigenvalue weighted by atomic mass is 16.5. The number of allylic oxidation sites excluding steroid dienone is 4. The largest absolute Gasteiger partial charge is 0.508 e. The van der Waals surface area contributed by atoms with Gasteiger partial charge in [0.15, 0.2) is 6.29 Å². The molecule has 0 bridgehead atoms. The second kappa shape index (κ2) is 13.9. The summed E-state index contributed by atoms with van der Waals surface area (Å²) in [5, 5.41) is 10.8. The van der Waals surface area contributed by atoms with Crippen molar-refractivity contribution in [2.45, 2.75) is 72.6 Å². The molecule has 31 heavy (non-hydrogen) atoms. The first-order valence-electron chi connectivity index (χ1n) is 11.3. The molecule has 172 valence electrons. The highest BCUT2D eigenvalue weighted by Crippen LogP contribution is 2.36. The fraction of sp³-hybridized carbons (Fsp3) is 0.519. The summed E-state index contributed by atoms with van der Waals surface area (Å²) in [4.78, 5) is 14.0. The van der Waals surface area contributed by atoms with Crippen LogP contribution in [0.4, 0.5) is 0 Å². The minimum Gasteiger partial charge on any atom is -0.508 e. The van der Waals surface area contributed by atoms with E-state index < -0.39 is 0 Å². The van der Waals surface area contributed by atoms with Gasteiger partial charge < -0.3 is 14.7 Å². The van der Waals surface area contributed by atoms with Crippen molar-refractivity contribution in [1.82, 2.24) is 4.90 Å². The molecule has 0 radical (unpaired) electrons. The van der Waals surface area contributed by atoms with E-state index in [2.05, 4.69) is 46.4 Å². The van der Waals surface area contributed by atoms with E-state index in [1.54, 1.807) is 6.07 Å². The summed E-state index contributed by atoms with van der Waals surface area (Å²) >= 11 is 0. The van der Waals surface area contributed by atoms with E-state index in [1.807, 2.05) is 19.0 Å². The van der Waals surface area contributed by atoms with Crippen molar-refractivity contribution in [3.05, 3.63) is 58.4 Å². The molecule has 0 aromatic heterocycles. The predicted octanol–water partition coefficient (Wildman–Crippen LogP) is 6.63. The van der Waals surface area contributed by atoms with Gasteiger partial charge in [0.1, 0.15) is 17.3 Å². The molecule has 0 atom stereocenters. The highest BCUT2D eigenvalue weighted by Gasteiger charge is 2.20. The van der Waals surface area contributed by atoms with Crippen LogP contribution in [0.1, 0.15) is 81.3 Å². The normalized spacial score (nSPS) is 11.5. The minimum atomic E-state index is 0.179. The van der Waals surface area contributed by atoms with E-state index in [1.165, 1.54) is 11.1 Å². The Morgan fingerprint density at radius 3 is 2.48 bits per heavy atom. The molecule has 0 aliphatic carbocycles. The van der Waals surface area contributed by atoms with E-state index in [0.29, 0.717) is 35.6 Å². The molecule has 4 nitrogen and oxygen atoms in total. The first-order chi connectivity index (χ1) is 14.7. The monoisotopic (exact) mass is 427 g/mol. The van der Waals surface area contributed by atoms with Crippen molar-refractivity contribution in [3.8, 4) is 11.5 Å². The van der Waals surface area contributed by atoms with Gasteiger partial charge in [0.2, 0.25) is 0 Å². The van der Waals surface area contributed by atoms with Gasteiger partial charge in [0.25, 0.3) is 0 Å². The highest BCUT2D eigenvalue weighted by molar-refractivity contribution is 5.84. The van der Waals surface area contributed by atoms with E-state index in [-0.39, 0.29) is 5.75 Å². The molecular formula is C27H41NO3. The van der Waals surface area contributed by atoms with Gasteiger partial charge in [0.05, 0.1) is 12.1 Å². The number of aldehydes is 1. The van der Waals surface area contributed by atoms with Crippen molar-refractivity contribution < 1.29 is 14.6 Å². The molecule has 0 spiro atoms. The number of unbranched alkanes of at least 4 members (excludes halogenated alkanes) is 2. The third-order valence-electron chi connectivity index (χ3n) is 5.14. The number of benzene rings is 1. The smallest absolute Gasteiger partial charge is 0.154 e. The SMILES string of the molecule is C=C(CN(C)C)Oc1c(C=O)c(CCCCC)cc(O)c1C/C=C(\C)CCC=C(C)C. The number of phenols is 1. The second-order valence-electron chi connectivity index (χ2n) is 8.80. The second-order valence-corrected chi connectivity index (χ2v) is 8.80. The van der Waals surface area contributed by atoms with E-state index >= 15 is 0 Å². The lowest BCUT2D eigenvalue weighted by Gasteiger charge is -2.20. The number of carbonyl (C=O) groups excluding carboxylic acids is 1. The maximum Gasteiger partial charge on any atom is 0.154 e. The molecular weight excluding hydrogens is 386 g/mol. The van der Waals surface area contributed by atoms with Gasteiger partial charge >= 0.3 is 0 Å². The molecule has 1 N–H and O–H groups in total. The molecule has 1 aromatic rings. The molecule has 1 aromatic carbocycles. The van der Waals surface area contributed by atoms with Crippen LogP contribution in [0.25, 0.3) is 0 Å². The zero-order valence-electron chi connectivity index (χ0n) is 20.4. The van der Waals surface area contributed by atoms with Crippen LogP contribution in [0.5, 0.6) is 11.5 Å². The number of aryl methyl sites for hydroxylation is 1. The van der Waals surface area contributed by atoms with Gasteiger partial charge in [-0.3, -0.25) is 4.79 Å². The van der Waals surface area contributed by atoms with Crippen molar-refractivity contribution in [2.75, 3.05) is 20.6 Å². The van der Waals surface area contributed by atoms with E-state index in [4.69, 9.17) is 4.74 Å².